The number of methoxy groups -OCH3 is 1. The highest BCUT2D eigenvalue weighted by atomic mass is 35.5. The van der Waals surface area contributed by atoms with Crippen LogP contribution in [-0.4, -0.2) is 21.4 Å². The first-order chi connectivity index (χ1) is 11.2. The standard InChI is InChI=1S/C14H11Cl2FN2O4S/c1-23-13-5-2-8(15)6-10(13)14(20)18-19-24(21,22)9-3-4-12(17)11(16)7-9/h2-7,19H,1H3,(H,18,20). The number of hydrogen-bond acceptors (Lipinski definition) is 4. The summed E-state index contributed by atoms with van der Waals surface area (Å²) in [5.74, 6) is -1.34. The van der Waals surface area contributed by atoms with E-state index >= 15 is 0 Å². The lowest BCUT2D eigenvalue weighted by Crippen LogP contribution is -2.41. The average Bonchev–Trinajstić information content (AvgIpc) is 2.55. The summed E-state index contributed by atoms with van der Waals surface area (Å²) in [5, 5.41) is -0.0881. The number of sulfonamides is 1. The fourth-order valence-electron chi connectivity index (χ4n) is 1.74. The normalized spacial score (nSPS) is 11.2. The fraction of sp³-hybridized carbons (Fsp3) is 0.0714. The Kier molecular flexibility index (Phi) is 5.66. The Labute approximate surface area is 147 Å². The van der Waals surface area contributed by atoms with Crippen LogP contribution in [0.1, 0.15) is 10.4 Å². The summed E-state index contributed by atoms with van der Waals surface area (Å²) in [4.78, 5) is 13.7. The predicted octanol–water partition coefficient (Wildman–Crippen LogP) is 2.76. The summed E-state index contributed by atoms with van der Waals surface area (Å²) in [6.07, 6.45) is 0. The summed E-state index contributed by atoms with van der Waals surface area (Å²) in [5.41, 5.74) is 2.05. The number of halogens is 3. The third-order valence-electron chi connectivity index (χ3n) is 2.91. The van der Waals surface area contributed by atoms with Gasteiger partial charge in [-0.25, -0.2) is 12.8 Å². The highest BCUT2D eigenvalue weighted by Gasteiger charge is 2.19. The largest absolute Gasteiger partial charge is 0.496 e. The second-order valence-electron chi connectivity index (χ2n) is 4.48. The zero-order valence-electron chi connectivity index (χ0n) is 12.1. The molecule has 0 unspecified atom stereocenters. The highest BCUT2D eigenvalue weighted by molar-refractivity contribution is 7.89. The first-order valence-electron chi connectivity index (χ1n) is 6.35. The van der Waals surface area contributed by atoms with E-state index in [-0.39, 0.29) is 26.3 Å². The van der Waals surface area contributed by atoms with E-state index in [0.717, 1.165) is 18.2 Å². The molecular weight excluding hydrogens is 382 g/mol. The topological polar surface area (TPSA) is 84.5 Å². The molecule has 6 nitrogen and oxygen atoms in total. The third kappa shape index (κ3) is 4.15. The lowest BCUT2D eigenvalue weighted by Gasteiger charge is -2.11. The summed E-state index contributed by atoms with van der Waals surface area (Å²) < 4.78 is 42.3. The molecule has 2 N–H and O–H groups in total. The lowest BCUT2D eigenvalue weighted by molar-refractivity contribution is 0.0942. The van der Waals surface area contributed by atoms with Crippen LogP contribution in [0, 0.1) is 5.82 Å². The van der Waals surface area contributed by atoms with E-state index < -0.39 is 21.7 Å². The van der Waals surface area contributed by atoms with Gasteiger partial charge in [0, 0.05) is 5.02 Å². The van der Waals surface area contributed by atoms with Crippen molar-refractivity contribution in [1.29, 1.82) is 0 Å². The molecule has 0 aromatic heterocycles. The van der Waals surface area contributed by atoms with Crippen LogP contribution in [0.25, 0.3) is 0 Å². The van der Waals surface area contributed by atoms with Gasteiger partial charge in [0.1, 0.15) is 11.6 Å². The van der Waals surface area contributed by atoms with Crippen molar-refractivity contribution in [3.05, 3.63) is 57.8 Å². The van der Waals surface area contributed by atoms with Crippen LogP contribution in [0.15, 0.2) is 41.3 Å². The van der Waals surface area contributed by atoms with Crippen molar-refractivity contribution < 1.29 is 22.3 Å². The Bertz CT molecular complexity index is 890. The molecule has 0 fully saturated rings. The molecule has 0 atom stereocenters. The van der Waals surface area contributed by atoms with Crippen molar-refractivity contribution in [2.45, 2.75) is 4.90 Å². The molecule has 0 heterocycles. The molecule has 0 aliphatic rings. The van der Waals surface area contributed by atoms with Crippen molar-refractivity contribution >= 4 is 39.1 Å². The quantitative estimate of drug-likeness (QED) is 0.766. The Balaban J connectivity index is 2.19. The number of rotatable bonds is 5. The number of ether oxygens (including phenoxy) is 1. The number of benzene rings is 2. The van der Waals surface area contributed by atoms with Gasteiger partial charge < -0.3 is 4.74 Å². The molecule has 0 radical (unpaired) electrons. The maximum atomic E-state index is 13.1. The van der Waals surface area contributed by atoms with E-state index in [1.807, 2.05) is 10.3 Å². The molecule has 2 aromatic rings. The molecule has 2 aromatic carbocycles. The molecule has 0 bridgehead atoms. The van der Waals surface area contributed by atoms with Gasteiger partial charge in [0.05, 0.1) is 22.6 Å². The Morgan fingerprint density at radius 2 is 1.88 bits per heavy atom. The first-order valence-corrected chi connectivity index (χ1v) is 8.59. The monoisotopic (exact) mass is 392 g/mol. The van der Waals surface area contributed by atoms with Crippen molar-refractivity contribution in [3.63, 3.8) is 0 Å². The number of hydrazine groups is 1. The predicted molar refractivity (Wildman–Crippen MR) is 87.2 cm³/mol. The molecule has 10 heteroatoms. The minimum Gasteiger partial charge on any atom is -0.496 e. The molecule has 0 saturated heterocycles. The van der Waals surface area contributed by atoms with Crippen molar-refractivity contribution in [2.75, 3.05) is 7.11 Å². The maximum absolute atomic E-state index is 13.1. The Morgan fingerprint density at radius 3 is 2.50 bits per heavy atom. The van der Waals surface area contributed by atoms with Crippen LogP contribution < -0.4 is 15.0 Å². The van der Waals surface area contributed by atoms with E-state index in [9.17, 15) is 17.6 Å². The van der Waals surface area contributed by atoms with Crippen LogP contribution in [0.4, 0.5) is 4.39 Å². The molecule has 0 saturated carbocycles. The Hall–Kier alpha value is -1.87. The van der Waals surface area contributed by atoms with Gasteiger partial charge in [0.15, 0.2) is 0 Å². The summed E-state index contributed by atoms with van der Waals surface area (Å²) in [6, 6.07) is 7.13. The number of carbonyl (C=O) groups excluding carboxylic acids is 1. The van der Waals surface area contributed by atoms with Gasteiger partial charge in [-0.3, -0.25) is 10.2 Å². The van der Waals surface area contributed by atoms with Crippen molar-refractivity contribution in [2.24, 2.45) is 0 Å². The summed E-state index contributed by atoms with van der Waals surface area (Å²) >= 11 is 11.4. The van der Waals surface area contributed by atoms with Crippen molar-refractivity contribution in [3.8, 4) is 5.75 Å². The number of hydrogen-bond donors (Lipinski definition) is 2. The second kappa shape index (κ2) is 7.35. The van der Waals surface area contributed by atoms with Crippen LogP contribution in [0.3, 0.4) is 0 Å². The van der Waals surface area contributed by atoms with Crippen LogP contribution >= 0.6 is 23.2 Å². The van der Waals surface area contributed by atoms with E-state index in [4.69, 9.17) is 27.9 Å². The molecule has 128 valence electrons. The van der Waals surface area contributed by atoms with Gasteiger partial charge in [-0.1, -0.05) is 23.2 Å². The molecule has 1 amide bonds. The van der Waals surface area contributed by atoms with Gasteiger partial charge in [-0.15, -0.1) is 4.83 Å². The van der Waals surface area contributed by atoms with Crippen LogP contribution in [0.5, 0.6) is 5.75 Å². The third-order valence-corrected chi connectivity index (χ3v) is 4.68. The summed E-state index contributed by atoms with van der Waals surface area (Å²) in [7, 11) is -2.79. The Morgan fingerprint density at radius 1 is 1.17 bits per heavy atom. The molecule has 0 spiro atoms. The smallest absolute Gasteiger partial charge is 0.270 e. The van der Waals surface area contributed by atoms with E-state index in [2.05, 4.69) is 0 Å². The van der Waals surface area contributed by atoms with Gasteiger partial charge in [0.2, 0.25) is 0 Å². The molecule has 2 rings (SSSR count). The number of amides is 1. The summed E-state index contributed by atoms with van der Waals surface area (Å²) in [6.45, 7) is 0. The van der Waals surface area contributed by atoms with Gasteiger partial charge in [0.25, 0.3) is 15.9 Å². The van der Waals surface area contributed by atoms with E-state index in [1.54, 1.807) is 0 Å². The van der Waals surface area contributed by atoms with Gasteiger partial charge in [-0.2, -0.15) is 0 Å². The van der Waals surface area contributed by atoms with Gasteiger partial charge >= 0.3 is 0 Å². The zero-order valence-corrected chi connectivity index (χ0v) is 14.5. The van der Waals surface area contributed by atoms with Crippen LogP contribution in [0.2, 0.25) is 10.0 Å². The van der Waals surface area contributed by atoms with E-state index in [1.165, 1.54) is 25.3 Å². The molecule has 24 heavy (non-hydrogen) atoms. The first kappa shape index (κ1) is 18.5. The second-order valence-corrected chi connectivity index (χ2v) is 7.01. The molecule has 0 aliphatic carbocycles. The minimum atomic E-state index is -4.14. The zero-order chi connectivity index (χ0) is 17.9. The van der Waals surface area contributed by atoms with Crippen molar-refractivity contribution in [1.82, 2.24) is 10.3 Å². The average molecular weight is 393 g/mol. The lowest BCUT2D eigenvalue weighted by atomic mass is 10.2. The van der Waals surface area contributed by atoms with Crippen LogP contribution in [-0.2, 0) is 10.0 Å². The number of carbonyl (C=O) groups is 1. The number of nitrogens with one attached hydrogen (secondary N) is 2. The fourth-order valence-corrected chi connectivity index (χ4v) is 3.02. The van der Waals surface area contributed by atoms with E-state index in [0.29, 0.717) is 0 Å². The minimum absolute atomic E-state index is 0.0323. The SMILES string of the molecule is COc1ccc(Cl)cc1C(=O)NNS(=O)(=O)c1ccc(F)c(Cl)c1. The maximum Gasteiger partial charge on any atom is 0.270 e. The molecular formula is C14H11Cl2FN2O4S. The van der Waals surface area contributed by atoms with Gasteiger partial charge in [-0.05, 0) is 36.4 Å². The molecule has 0 aliphatic heterocycles. The highest BCUT2D eigenvalue weighted by Crippen LogP contribution is 2.22.